The molecular weight excluding hydrogens is 430 g/mol. The van der Waals surface area contributed by atoms with E-state index >= 15 is 0 Å². The van der Waals surface area contributed by atoms with E-state index in [0.717, 1.165) is 43.0 Å². The molecule has 7 heteroatoms. The number of carbonyl (C=O) groups is 2. The van der Waals surface area contributed by atoms with Gasteiger partial charge < -0.3 is 14.7 Å². The standard InChI is InChI=1S/C27H37N3O4/c1-26(2,3)21-15-19(16-22(27(4,5)6)25(21)34-18-24(32)33)23(31)17-29-11-13-30(14-12-29)20-7-9-28-10-8-20/h7-10,15-16H,11-14,17-18H2,1-6H3,(H,32,33). The normalized spacial score (nSPS) is 15.3. The van der Waals surface area contributed by atoms with Crippen molar-refractivity contribution < 1.29 is 19.4 Å². The maximum atomic E-state index is 13.4. The molecule has 1 N–H and O–H groups in total. The molecule has 1 aliphatic rings. The van der Waals surface area contributed by atoms with E-state index in [9.17, 15) is 14.7 Å². The molecule has 0 amide bonds. The van der Waals surface area contributed by atoms with Crippen molar-refractivity contribution in [3.63, 3.8) is 0 Å². The number of carboxylic acids is 1. The van der Waals surface area contributed by atoms with Crippen LogP contribution in [0.3, 0.4) is 0 Å². The van der Waals surface area contributed by atoms with Gasteiger partial charge in [-0.05, 0) is 35.1 Å². The summed E-state index contributed by atoms with van der Waals surface area (Å²) in [5, 5.41) is 9.19. The van der Waals surface area contributed by atoms with E-state index in [0.29, 0.717) is 17.9 Å². The molecule has 0 atom stereocenters. The zero-order valence-corrected chi connectivity index (χ0v) is 21.2. The fourth-order valence-corrected chi connectivity index (χ4v) is 4.21. The number of piperazine rings is 1. The fourth-order valence-electron chi connectivity index (χ4n) is 4.21. The summed E-state index contributed by atoms with van der Waals surface area (Å²) in [5.41, 5.74) is 2.87. The first-order valence-corrected chi connectivity index (χ1v) is 11.8. The van der Waals surface area contributed by atoms with Gasteiger partial charge in [-0.3, -0.25) is 14.7 Å². The summed E-state index contributed by atoms with van der Waals surface area (Å²) in [4.78, 5) is 33.2. The maximum absolute atomic E-state index is 13.4. The van der Waals surface area contributed by atoms with Crippen LogP contribution in [-0.2, 0) is 15.6 Å². The number of carboxylic acid groups (broad SMARTS) is 1. The van der Waals surface area contributed by atoms with E-state index in [2.05, 4.69) is 56.3 Å². The Morgan fingerprint density at radius 2 is 1.47 bits per heavy atom. The number of benzene rings is 1. The highest BCUT2D eigenvalue weighted by molar-refractivity contribution is 5.98. The number of carbonyl (C=O) groups excluding carboxylic acids is 1. The quantitative estimate of drug-likeness (QED) is 0.613. The molecule has 1 fully saturated rings. The lowest BCUT2D eigenvalue weighted by Gasteiger charge is -2.36. The number of ether oxygens (including phenoxy) is 1. The van der Waals surface area contributed by atoms with Crippen LogP contribution in [0.1, 0.15) is 63.0 Å². The molecule has 1 saturated heterocycles. The van der Waals surface area contributed by atoms with Crippen LogP contribution in [-0.4, -0.2) is 66.1 Å². The minimum atomic E-state index is -1.02. The van der Waals surface area contributed by atoms with Crippen LogP contribution in [0.15, 0.2) is 36.7 Å². The Bertz CT molecular complexity index is 979. The first-order chi connectivity index (χ1) is 15.9. The number of pyridine rings is 1. The predicted molar refractivity (Wildman–Crippen MR) is 134 cm³/mol. The summed E-state index contributed by atoms with van der Waals surface area (Å²) in [6.07, 6.45) is 3.60. The van der Waals surface area contributed by atoms with E-state index < -0.39 is 12.6 Å². The van der Waals surface area contributed by atoms with Crippen molar-refractivity contribution in [1.82, 2.24) is 9.88 Å². The molecule has 184 valence electrons. The molecule has 2 aromatic rings. The lowest BCUT2D eigenvalue weighted by atomic mass is 9.78. The Balaban J connectivity index is 1.83. The molecule has 0 radical (unpaired) electrons. The minimum Gasteiger partial charge on any atom is -0.481 e. The zero-order valence-electron chi connectivity index (χ0n) is 21.2. The zero-order chi connectivity index (χ0) is 25.1. The molecule has 34 heavy (non-hydrogen) atoms. The average Bonchev–Trinajstić information content (AvgIpc) is 2.77. The fraction of sp³-hybridized carbons (Fsp3) is 0.519. The highest BCUT2D eigenvalue weighted by Crippen LogP contribution is 2.41. The number of hydrogen-bond donors (Lipinski definition) is 1. The second-order valence-electron chi connectivity index (χ2n) is 11.0. The van der Waals surface area contributed by atoms with Crippen LogP contribution in [0.4, 0.5) is 5.69 Å². The summed E-state index contributed by atoms with van der Waals surface area (Å²) in [7, 11) is 0. The van der Waals surface area contributed by atoms with Gasteiger partial charge in [0.15, 0.2) is 12.4 Å². The second-order valence-corrected chi connectivity index (χ2v) is 11.0. The molecule has 1 aromatic carbocycles. The van der Waals surface area contributed by atoms with Gasteiger partial charge in [0.25, 0.3) is 0 Å². The first-order valence-electron chi connectivity index (χ1n) is 11.8. The van der Waals surface area contributed by atoms with Crippen LogP contribution >= 0.6 is 0 Å². The Morgan fingerprint density at radius 3 is 1.94 bits per heavy atom. The SMILES string of the molecule is CC(C)(C)c1cc(C(=O)CN2CCN(c3ccncc3)CC2)cc(C(C)(C)C)c1OCC(=O)O. The minimum absolute atomic E-state index is 0.0677. The maximum Gasteiger partial charge on any atom is 0.341 e. The number of nitrogens with zero attached hydrogens (tertiary/aromatic N) is 3. The van der Waals surface area contributed by atoms with Crippen molar-refractivity contribution in [3.8, 4) is 5.75 Å². The van der Waals surface area contributed by atoms with Gasteiger partial charge in [-0.2, -0.15) is 0 Å². The Morgan fingerprint density at radius 1 is 0.941 bits per heavy atom. The van der Waals surface area contributed by atoms with Gasteiger partial charge in [0.2, 0.25) is 0 Å². The van der Waals surface area contributed by atoms with Crippen LogP contribution in [0.25, 0.3) is 0 Å². The third-order valence-corrected chi connectivity index (χ3v) is 6.13. The van der Waals surface area contributed by atoms with Gasteiger partial charge in [-0.25, -0.2) is 4.79 Å². The van der Waals surface area contributed by atoms with Gasteiger partial charge in [0.05, 0.1) is 6.54 Å². The number of hydrogen-bond acceptors (Lipinski definition) is 6. The van der Waals surface area contributed by atoms with Crippen molar-refractivity contribution in [1.29, 1.82) is 0 Å². The smallest absolute Gasteiger partial charge is 0.341 e. The van der Waals surface area contributed by atoms with E-state index in [1.165, 1.54) is 0 Å². The second kappa shape index (κ2) is 10.1. The van der Waals surface area contributed by atoms with Gasteiger partial charge >= 0.3 is 5.97 Å². The van der Waals surface area contributed by atoms with Gasteiger partial charge in [0.1, 0.15) is 5.75 Å². The molecular formula is C27H37N3O4. The van der Waals surface area contributed by atoms with Crippen LogP contribution in [0.5, 0.6) is 5.75 Å². The van der Waals surface area contributed by atoms with E-state index in [1.807, 2.05) is 24.3 Å². The summed E-state index contributed by atoms with van der Waals surface area (Å²) in [5.74, 6) is -0.381. The van der Waals surface area contributed by atoms with Crippen LogP contribution < -0.4 is 9.64 Å². The largest absolute Gasteiger partial charge is 0.481 e. The number of aliphatic carboxylic acids is 1. The predicted octanol–water partition coefficient (Wildman–Crippen LogP) is 4.14. The van der Waals surface area contributed by atoms with Crippen molar-refractivity contribution in [2.24, 2.45) is 0 Å². The number of anilines is 1. The third-order valence-electron chi connectivity index (χ3n) is 6.13. The van der Waals surface area contributed by atoms with Crippen LogP contribution in [0.2, 0.25) is 0 Å². The molecule has 0 unspecified atom stereocenters. The molecule has 1 aromatic heterocycles. The number of ketones is 1. The van der Waals surface area contributed by atoms with Crippen LogP contribution in [0, 0.1) is 0 Å². The monoisotopic (exact) mass is 467 g/mol. The van der Waals surface area contributed by atoms with Gasteiger partial charge in [0, 0.05) is 61.0 Å². The third kappa shape index (κ3) is 6.35. The molecule has 2 heterocycles. The Kier molecular flexibility index (Phi) is 7.66. The lowest BCUT2D eigenvalue weighted by Crippen LogP contribution is -2.48. The van der Waals surface area contributed by atoms with Crippen molar-refractivity contribution in [2.45, 2.75) is 52.4 Å². The summed E-state index contributed by atoms with van der Waals surface area (Å²) >= 11 is 0. The summed E-state index contributed by atoms with van der Waals surface area (Å²) in [6, 6.07) is 7.80. The molecule has 0 spiro atoms. The first kappa shape index (κ1) is 25.7. The summed E-state index contributed by atoms with van der Waals surface area (Å²) < 4.78 is 5.79. The molecule has 0 bridgehead atoms. The van der Waals surface area contributed by atoms with Gasteiger partial charge in [-0.1, -0.05) is 41.5 Å². The summed E-state index contributed by atoms with van der Waals surface area (Å²) in [6.45, 7) is 15.6. The van der Waals surface area contributed by atoms with E-state index in [1.54, 1.807) is 12.4 Å². The molecule has 7 nitrogen and oxygen atoms in total. The lowest BCUT2D eigenvalue weighted by molar-refractivity contribution is -0.139. The topological polar surface area (TPSA) is 83.0 Å². The van der Waals surface area contributed by atoms with E-state index in [-0.39, 0.29) is 16.6 Å². The Hall–Kier alpha value is -2.93. The Labute approximate surface area is 202 Å². The number of rotatable bonds is 7. The molecule has 0 saturated carbocycles. The van der Waals surface area contributed by atoms with Crippen molar-refractivity contribution in [2.75, 3.05) is 44.2 Å². The molecule has 3 rings (SSSR count). The number of aromatic nitrogens is 1. The average molecular weight is 468 g/mol. The van der Waals surface area contributed by atoms with Crippen molar-refractivity contribution >= 4 is 17.4 Å². The highest BCUT2D eigenvalue weighted by atomic mass is 16.5. The van der Waals surface area contributed by atoms with Gasteiger partial charge in [-0.15, -0.1) is 0 Å². The number of Topliss-reactive ketones (excluding diaryl/α,β-unsaturated/α-hetero) is 1. The van der Waals surface area contributed by atoms with Crippen molar-refractivity contribution in [3.05, 3.63) is 53.3 Å². The molecule has 0 aliphatic carbocycles. The van der Waals surface area contributed by atoms with E-state index in [4.69, 9.17) is 4.74 Å². The highest BCUT2D eigenvalue weighted by Gasteiger charge is 2.30. The molecule has 1 aliphatic heterocycles.